The zero-order valence-corrected chi connectivity index (χ0v) is 21.1. The summed E-state index contributed by atoms with van der Waals surface area (Å²) in [6, 6.07) is 7.72. The summed E-state index contributed by atoms with van der Waals surface area (Å²) in [4.78, 5) is 24.5. The Hall–Kier alpha value is -2.34. The molecule has 0 aromatic heterocycles. The first kappa shape index (κ1) is 29.7. The number of anilines is 1. The Morgan fingerprint density at radius 1 is 1.28 bits per heavy atom. The highest BCUT2D eigenvalue weighted by Gasteiger charge is 2.21. The van der Waals surface area contributed by atoms with Crippen molar-refractivity contribution < 1.29 is 19.1 Å². The lowest BCUT2D eigenvalue weighted by Crippen LogP contribution is -2.30. The van der Waals surface area contributed by atoms with Gasteiger partial charge in [-0.25, -0.2) is 0 Å². The molecule has 2 N–H and O–H groups in total. The molecule has 0 fully saturated rings. The summed E-state index contributed by atoms with van der Waals surface area (Å²) >= 11 is 0. The fourth-order valence-corrected chi connectivity index (χ4v) is 3.02. The van der Waals surface area contributed by atoms with Crippen LogP contribution in [0, 0.1) is 5.41 Å². The van der Waals surface area contributed by atoms with Crippen molar-refractivity contribution in [3.05, 3.63) is 36.4 Å². The number of para-hydroxylation sites is 2. The molecule has 6 nitrogen and oxygen atoms in total. The molecule has 1 unspecified atom stereocenters. The molecule has 1 aliphatic rings. The summed E-state index contributed by atoms with van der Waals surface area (Å²) in [5.74, 6) is 0.593. The van der Waals surface area contributed by atoms with E-state index in [0.29, 0.717) is 19.4 Å². The number of ether oxygens (including phenoxy) is 2. The normalized spacial score (nSPS) is 14.2. The quantitative estimate of drug-likeness (QED) is 0.421. The van der Waals surface area contributed by atoms with E-state index in [-0.39, 0.29) is 17.2 Å². The Kier molecular flexibility index (Phi) is 15.1. The van der Waals surface area contributed by atoms with E-state index in [0.717, 1.165) is 37.2 Å². The summed E-state index contributed by atoms with van der Waals surface area (Å²) < 4.78 is 10.5. The van der Waals surface area contributed by atoms with E-state index in [1.165, 1.54) is 7.11 Å². The van der Waals surface area contributed by atoms with Crippen molar-refractivity contribution in [2.45, 2.75) is 79.8 Å². The third-order valence-corrected chi connectivity index (χ3v) is 4.53. The first-order valence-corrected chi connectivity index (χ1v) is 11.7. The van der Waals surface area contributed by atoms with Crippen LogP contribution in [-0.2, 0) is 14.3 Å². The number of allylic oxidation sites excluding steroid dienone is 2. The van der Waals surface area contributed by atoms with Gasteiger partial charge in [-0.05, 0) is 43.2 Å². The number of unbranched alkanes of at least 4 members (excludes halogenated alkanes) is 1. The van der Waals surface area contributed by atoms with Gasteiger partial charge < -0.3 is 20.1 Å². The van der Waals surface area contributed by atoms with Crippen LogP contribution in [0.4, 0.5) is 5.69 Å². The van der Waals surface area contributed by atoms with Crippen molar-refractivity contribution >= 4 is 17.5 Å². The molecule has 0 spiro atoms. The minimum atomic E-state index is -0.437. The van der Waals surface area contributed by atoms with Crippen LogP contribution in [0.2, 0.25) is 0 Å². The van der Waals surface area contributed by atoms with Gasteiger partial charge in [-0.15, -0.1) is 0 Å². The molecule has 6 heteroatoms. The van der Waals surface area contributed by atoms with Crippen LogP contribution in [-0.4, -0.2) is 38.2 Å². The second kappa shape index (κ2) is 16.3. The zero-order chi connectivity index (χ0) is 24.6. The molecule has 0 bridgehead atoms. The van der Waals surface area contributed by atoms with Gasteiger partial charge in [0.05, 0.1) is 18.7 Å². The highest BCUT2D eigenvalue weighted by Crippen LogP contribution is 2.30. The average Bonchev–Trinajstić information content (AvgIpc) is 2.91. The predicted octanol–water partition coefficient (Wildman–Crippen LogP) is 5.50. The largest absolute Gasteiger partial charge is 0.491 e. The van der Waals surface area contributed by atoms with E-state index in [1.807, 2.05) is 43.0 Å². The summed E-state index contributed by atoms with van der Waals surface area (Å²) in [7, 11) is 1.51. The van der Waals surface area contributed by atoms with E-state index < -0.39 is 6.10 Å². The molecule has 1 aliphatic heterocycles. The number of primary amides is 1. The monoisotopic (exact) mass is 448 g/mol. The van der Waals surface area contributed by atoms with E-state index in [9.17, 15) is 9.59 Å². The Morgan fingerprint density at radius 3 is 2.50 bits per heavy atom. The van der Waals surface area contributed by atoms with E-state index >= 15 is 0 Å². The van der Waals surface area contributed by atoms with Crippen molar-refractivity contribution in [3.8, 4) is 5.75 Å². The van der Waals surface area contributed by atoms with Crippen molar-refractivity contribution in [1.29, 1.82) is 0 Å². The topological polar surface area (TPSA) is 81.9 Å². The predicted molar refractivity (Wildman–Crippen MR) is 133 cm³/mol. The van der Waals surface area contributed by atoms with Crippen LogP contribution in [0.5, 0.6) is 5.75 Å². The lowest BCUT2D eigenvalue weighted by Gasteiger charge is -2.20. The van der Waals surface area contributed by atoms with Crippen molar-refractivity contribution in [3.63, 3.8) is 0 Å². The van der Waals surface area contributed by atoms with E-state index in [2.05, 4.69) is 39.8 Å². The Labute approximate surface area is 195 Å². The van der Waals surface area contributed by atoms with Gasteiger partial charge in [-0.3, -0.25) is 9.59 Å². The minimum absolute atomic E-state index is 0.154. The Morgan fingerprint density at radius 2 is 1.94 bits per heavy atom. The van der Waals surface area contributed by atoms with Crippen LogP contribution < -0.4 is 15.4 Å². The maximum absolute atomic E-state index is 11.8. The lowest BCUT2D eigenvalue weighted by molar-refractivity contribution is -0.128. The molecule has 0 saturated heterocycles. The van der Waals surface area contributed by atoms with Gasteiger partial charge in [0.1, 0.15) is 11.9 Å². The van der Waals surface area contributed by atoms with E-state index in [1.54, 1.807) is 0 Å². The fourth-order valence-electron chi connectivity index (χ4n) is 3.02. The summed E-state index contributed by atoms with van der Waals surface area (Å²) in [5, 5.41) is 0. The Bertz CT molecular complexity index is 695. The number of amides is 2. The summed E-state index contributed by atoms with van der Waals surface area (Å²) in [6.45, 7) is 13.8. The van der Waals surface area contributed by atoms with Gasteiger partial charge in [0.15, 0.2) is 0 Å². The van der Waals surface area contributed by atoms with Crippen LogP contribution >= 0.6 is 0 Å². The van der Waals surface area contributed by atoms with Gasteiger partial charge in [0.25, 0.3) is 0 Å². The number of rotatable bonds is 8. The molecule has 1 aromatic carbocycles. The number of nitrogens with two attached hydrogens (primary N) is 1. The van der Waals surface area contributed by atoms with Crippen LogP contribution in [0.25, 0.3) is 0 Å². The van der Waals surface area contributed by atoms with Gasteiger partial charge in [-0.2, -0.15) is 0 Å². The summed E-state index contributed by atoms with van der Waals surface area (Å²) in [5.41, 5.74) is 6.28. The molecule has 182 valence electrons. The Balaban J connectivity index is 0.000000557. The van der Waals surface area contributed by atoms with Crippen molar-refractivity contribution in [1.82, 2.24) is 0 Å². The molecule has 0 aliphatic carbocycles. The van der Waals surface area contributed by atoms with Crippen LogP contribution in [0.15, 0.2) is 36.4 Å². The maximum Gasteiger partial charge on any atom is 0.246 e. The van der Waals surface area contributed by atoms with Gasteiger partial charge in [0.2, 0.25) is 11.8 Å². The minimum Gasteiger partial charge on any atom is -0.491 e. The molecular formula is C26H44N2O4. The third kappa shape index (κ3) is 11.9. The number of carbonyl (C=O) groups is 2. The van der Waals surface area contributed by atoms with E-state index in [4.69, 9.17) is 15.2 Å². The molecule has 1 atom stereocenters. The summed E-state index contributed by atoms with van der Waals surface area (Å²) in [6.07, 6.45) is 7.90. The maximum atomic E-state index is 11.8. The third-order valence-electron chi connectivity index (χ3n) is 4.53. The average molecular weight is 449 g/mol. The number of nitrogens with zero attached hydrogens (tertiary/aromatic N) is 1. The highest BCUT2D eigenvalue weighted by atomic mass is 16.5. The first-order valence-electron chi connectivity index (χ1n) is 11.7. The SMILES string of the molecule is CC.CCCN1C(=O)CCOc2ccccc21.COC(CCC/C=C/C(C)(C)C)C(N)=O. The number of carbonyl (C=O) groups excluding carboxylic acids is 2. The molecule has 1 heterocycles. The van der Waals surface area contributed by atoms with Crippen LogP contribution in [0.1, 0.15) is 73.6 Å². The number of methoxy groups -OCH3 is 1. The molecule has 0 saturated carbocycles. The molecular weight excluding hydrogens is 404 g/mol. The smallest absolute Gasteiger partial charge is 0.246 e. The van der Waals surface area contributed by atoms with Crippen LogP contribution in [0.3, 0.4) is 0 Å². The van der Waals surface area contributed by atoms with Crippen molar-refractivity contribution in [2.75, 3.05) is 25.2 Å². The molecule has 32 heavy (non-hydrogen) atoms. The molecule has 2 rings (SSSR count). The van der Waals surface area contributed by atoms with Gasteiger partial charge in [0, 0.05) is 13.7 Å². The lowest BCUT2D eigenvalue weighted by atomic mass is 9.95. The fraction of sp³-hybridized carbons (Fsp3) is 0.615. The number of fused-ring (bicyclic) bond motifs is 1. The van der Waals surface area contributed by atoms with Gasteiger partial charge in [-0.1, -0.05) is 65.8 Å². The zero-order valence-electron chi connectivity index (χ0n) is 21.1. The second-order valence-electron chi connectivity index (χ2n) is 8.44. The second-order valence-corrected chi connectivity index (χ2v) is 8.44. The number of hydrogen-bond donors (Lipinski definition) is 1. The molecule has 1 aromatic rings. The molecule has 0 radical (unpaired) electrons. The van der Waals surface area contributed by atoms with Crippen molar-refractivity contribution in [2.24, 2.45) is 11.1 Å². The standard InChI is InChI=1S/C12H15NO2.C12H23NO2.C2H6/c1-2-8-13-10-5-3-4-6-11(10)15-9-7-12(13)14;1-12(2,3)9-7-5-6-8-10(15-4)11(13)14;1-2/h3-6H,2,7-9H2,1H3;7,9-10H,5-6,8H2,1-4H3,(H2,13,14);1-2H3/b;9-7+;. The first-order chi connectivity index (χ1) is 15.2. The molecule has 2 amide bonds. The number of hydrogen-bond acceptors (Lipinski definition) is 4. The number of benzene rings is 1. The highest BCUT2D eigenvalue weighted by molar-refractivity contribution is 5.95. The van der Waals surface area contributed by atoms with Gasteiger partial charge >= 0.3 is 0 Å².